The molecule has 1 aromatic rings. The third-order valence-corrected chi connectivity index (χ3v) is 3.01. The molecule has 1 saturated heterocycles. The second-order valence-electron chi connectivity index (χ2n) is 4.00. The summed E-state index contributed by atoms with van der Waals surface area (Å²) in [6.07, 6.45) is 5.30. The van der Waals surface area contributed by atoms with Gasteiger partial charge in [0.25, 0.3) is 5.88 Å². The van der Waals surface area contributed by atoms with E-state index in [4.69, 9.17) is 9.84 Å². The predicted molar refractivity (Wildman–Crippen MR) is 60.6 cm³/mol. The third kappa shape index (κ3) is 2.24. The van der Waals surface area contributed by atoms with Gasteiger partial charge in [-0.15, -0.1) is 0 Å². The molecule has 0 unspecified atom stereocenters. The van der Waals surface area contributed by atoms with Gasteiger partial charge < -0.3 is 14.7 Å². The Morgan fingerprint density at radius 3 is 2.69 bits per heavy atom. The van der Waals surface area contributed by atoms with E-state index in [0.717, 1.165) is 31.7 Å². The molecule has 1 aliphatic heterocycles. The molecule has 0 radical (unpaired) electrons. The molecule has 0 aliphatic carbocycles. The Labute approximate surface area is 95.1 Å². The number of hydrogen-bond donors (Lipinski definition) is 1. The zero-order chi connectivity index (χ0) is 11.4. The smallest absolute Gasteiger partial charge is 0.257 e. The van der Waals surface area contributed by atoms with E-state index in [1.807, 2.05) is 0 Å². The lowest BCUT2D eigenvalue weighted by atomic mass is 9.98. The zero-order valence-corrected chi connectivity index (χ0v) is 9.46. The van der Waals surface area contributed by atoms with Crippen molar-refractivity contribution in [1.82, 2.24) is 9.97 Å². The van der Waals surface area contributed by atoms with Crippen LogP contribution in [0.3, 0.4) is 0 Å². The van der Waals surface area contributed by atoms with E-state index >= 15 is 0 Å². The van der Waals surface area contributed by atoms with Crippen LogP contribution in [0.4, 0.5) is 5.82 Å². The van der Waals surface area contributed by atoms with Gasteiger partial charge in [0.2, 0.25) is 0 Å². The minimum Gasteiger partial charge on any atom is -0.478 e. The first-order chi connectivity index (χ1) is 7.85. The second kappa shape index (κ2) is 5.12. The molecule has 0 amide bonds. The van der Waals surface area contributed by atoms with Crippen molar-refractivity contribution in [2.75, 3.05) is 31.7 Å². The lowest BCUT2D eigenvalue weighted by Crippen LogP contribution is -2.35. The van der Waals surface area contributed by atoms with Crippen molar-refractivity contribution in [3.8, 4) is 5.88 Å². The number of ether oxygens (including phenoxy) is 1. The molecule has 2 heterocycles. The number of nitrogens with zero attached hydrogens (tertiary/aromatic N) is 3. The van der Waals surface area contributed by atoms with Crippen LogP contribution in [0.15, 0.2) is 12.4 Å². The normalized spacial score (nSPS) is 17.5. The van der Waals surface area contributed by atoms with E-state index < -0.39 is 0 Å². The number of hydrogen-bond acceptors (Lipinski definition) is 5. The monoisotopic (exact) mass is 223 g/mol. The molecular formula is C11H17N3O2. The lowest BCUT2D eigenvalue weighted by Gasteiger charge is -2.32. The first-order valence-corrected chi connectivity index (χ1v) is 5.56. The molecule has 5 heteroatoms. The van der Waals surface area contributed by atoms with E-state index in [-0.39, 0.29) is 6.61 Å². The fourth-order valence-electron chi connectivity index (χ4n) is 2.01. The fourth-order valence-corrected chi connectivity index (χ4v) is 2.01. The van der Waals surface area contributed by atoms with Crippen LogP contribution < -0.4 is 9.64 Å². The molecule has 1 aliphatic rings. The minimum atomic E-state index is 0.283. The number of aliphatic hydroxyl groups is 1. The molecule has 0 bridgehead atoms. The Bertz CT molecular complexity index is 338. The molecule has 1 aromatic heterocycles. The Kier molecular flexibility index (Phi) is 3.56. The minimum absolute atomic E-state index is 0.283. The van der Waals surface area contributed by atoms with Crippen LogP contribution in [0.2, 0.25) is 0 Å². The van der Waals surface area contributed by atoms with Gasteiger partial charge in [0.15, 0.2) is 5.82 Å². The zero-order valence-electron chi connectivity index (χ0n) is 9.46. The van der Waals surface area contributed by atoms with E-state index in [2.05, 4.69) is 14.9 Å². The molecule has 0 atom stereocenters. The number of anilines is 1. The summed E-state index contributed by atoms with van der Waals surface area (Å²) < 4.78 is 5.19. The average molecular weight is 223 g/mol. The predicted octanol–water partition coefficient (Wildman–Crippen LogP) is 0.694. The first kappa shape index (κ1) is 11.1. The highest BCUT2D eigenvalue weighted by molar-refractivity contribution is 5.47. The number of rotatable bonds is 3. The summed E-state index contributed by atoms with van der Waals surface area (Å²) in [6.45, 7) is 2.09. The fraction of sp³-hybridized carbons (Fsp3) is 0.636. The van der Waals surface area contributed by atoms with Gasteiger partial charge in [0, 0.05) is 32.1 Å². The summed E-state index contributed by atoms with van der Waals surface area (Å²) in [5.74, 6) is 1.81. The summed E-state index contributed by atoms with van der Waals surface area (Å²) in [4.78, 5) is 10.6. The van der Waals surface area contributed by atoms with Crippen molar-refractivity contribution in [1.29, 1.82) is 0 Å². The highest BCUT2D eigenvalue weighted by Gasteiger charge is 2.22. The van der Waals surface area contributed by atoms with Crippen LogP contribution in [-0.4, -0.2) is 41.9 Å². The Morgan fingerprint density at radius 2 is 2.06 bits per heavy atom. The lowest BCUT2D eigenvalue weighted by molar-refractivity contribution is 0.202. The topological polar surface area (TPSA) is 58.5 Å². The van der Waals surface area contributed by atoms with Crippen LogP contribution in [0.1, 0.15) is 12.8 Å². The summed E-state index contributed by atoms with van der Waals surface area (Å²) in [5.41, 5.74) is 0. The van der Waals surface area contributed by atoms with Gasteiger partial charge in [-0.1, -0.05) is 0 Å². The Morgan fingerprint density at radius 1 is 1.38 bits per heavy atom. The Hall–Kier alpha value is -1.36. The van der Waals surface area contributed by atoms with E-state index in [9.17, 15) is 0 Å². The SMILES string of the molecule is COc1nccnc1N1CCC(CO)CC1. The van der Waals surface area contributed by atoms with E-state index in [1.165, 1.54) is 0 Å². The van der Waals surface area contributed by atoms with Crippen molar-refractivity contribution in [2.45, 2.75) is 12.8 Å². The second-order valence-corrected chi connectivity index (χ2v) is 4.00. The van der Waals surface area contributed by atoms with Crippen molar-refractivity contribution in [3.05, 3.63) is 12.4 Å². The summed E-state index contributed by atoms with van der Waals surface area (Å²) >= 11 is 0. The summed E-state index contributed by atoms with van der Waals surface area (Å²) in [6, 6.07) is 0. The molecule has 1 fully saturated rings. The van der Waals surface area contributed by atoms with Crippen LogP contribution in [0, 0.1) is 5.92 Å². The van der Waals surface area contributed by atoms with Gasteiger partial charge in [0.05, 0.1) is 7.11 Å². The van der Waals surface area contributed by atoms with E-state index in [0.29, 0.717) is 11.8 Å². The highest BCUT2D eigenvalue weighted by Crippen LogP contribution is 2.26. The highest BCUT2D eigenvalue weighted by atomic mass is 16.5. The molecule has 88 valence electrons. The van der Waals surface area contributed by atoms with Gasteiger partial charge in [-0.05, 0) is 18.8 Å². The van der Waals surface area contributed by atoms with Crippen LogP contribution >= 0.6 is 0 Å². The molecule has 1 N–H and O–H groups in total. The number of aromatic nitrogens is 2. The van der Waals surface area contributed by atoms with Crippen molar-refractivity contribution < 1.29 is 9.84 Å². The summed E-state index contributed by atoms with van der Waals surface area (Å²) in [5, 5.41) is 9.08. The molecule has 16 heavy (non-hydrogen) atoms. The van der Waals surface area contributed by atoms with Crippen LogP contribution in [0.25, 0.3) is 0 Å². The van der Waals surface area contributed by atoms with Crippen LogP contribution in [0.5, 0.6) is 5.88 Å². The molecule has 0 saturated carbocycles. The van der Waals surface area contributed by atoms with Crippen molar-refractivity contribution in [3.63, 3.8) is 0 Å². The van der Waals surface area contributed by atoms with Crippen molar-refractivity contribution >= 4 is 5.82 Å². The van der Waals surface area contributed by atoms with Gasteiger partial charge >= 0.3 is 0 Å². The maximum Gasteiger partial charge on any atom is 0.257 e. The molecule has 0 spiro atoms. The molecule has 2 rings (SSSR count). The largest absolute Gasteiger partial charge is 0.478 e. The quantitative estimate of drug-likeness (QED) is 0.817. The van der Waals surface area contributed by atoms with E-state index in [1.54, 1.807) is 19.5 Å². The standard InChI is InChI=1S/C11H17N3O2/c1-16-11-10(12-4-5-13-11)14-6-2-9(8-15)3-7-14/h4-5,9,15H,2-3,6-8H2,1H3. The third-order valence-electron chi connectivity index (χ3n) is 3.01. The maximum atomic E-state index is 9.08. The first-order valence-electron chi connectivity index (χ1n) is 5.56. The summed E-state index contributed by atoms with van der Waals surface area (Å²) in [7, 11) is 1.61. The Balaban J connectivity index is 2.07. The van der Waals surface area contributed by atoms with Gasteiger partial charge in [-0.3, -0.25) is 0 Å². The molecule has 0 aromatic carbocycles. The van der Waals surface area contributed by atoms with Gasteiger partial charge in [0.1, 0.15) is 0 Å². The van der Waals surface area contributed by atoms with Gasteiger partial charge in [-0.25, -0.2) is 9.97 Å². The van der Waals surface area contributed by atoms with Crippen molar-refractivity contribution in [2.24, 2.45) is 5.92 Å². The number of aliphatic hydroxyl groups excluding tert-OH is 1. The average Bonchev–Trinajstić information content (AvgIpc) is 2.39. The molecule has 5 nitrogen and oxygen atoms in total. The van der Waals surface area contributed by atoms with Gasteiger partial charge in [-0.2, -0.15) is 0 Å². The number of piperidine rings is 1. The molecular weight excluding hydrogens is 206 g/mol. The maximum absolute atomic E-state index is 9.08. The number of methoxy groups -OCH3 is 1. The van der Waals surface area contributed by atoms with Crippen LogP contribution in [-0.2, 0) is 0 Å².